The molecule has 0 aromatic heterocycles. The van der Waals surface area contributed by atoms with Crippen LogP contribution in [-0.2, 0) is 9.53 Å². The van der Waals surface area contributed by atoms with Gasteiger partial charge in [0.1, 0.15) is 17.8 Å². The lowest BCUT2D eigenvalue weighted by molar-refractivity contribution is -0.108. The molecule has 0 heterocycles. The van der Waals surface area contributed by atoms with Crippen molar-refractivity contribution in [3.63, 3.8) is 0 Å². The normalized spacial score (nSPS) is 11.3. The number of benzene rings is 3. The van der Waals surface area contributed by atoms with Gasteiger partial charge in [-0.2, -0.15) is 0 Å². The standard InChI is InChI=1S/C23H22O3/c1-25-20-13-11-18(12-14-20)17-23(26-16-5-4-15-24)22-10-6-8-19-7-2-3-9-21(19)22/h2-3,6-15,17H,4-5,16H2,1H3/b23-17-. The van der Waals surface area contributed by atoms with Crippen LogP contribution in [0.5, 0.6) is 5.75 Å². The Labute approximate surface area is 153 Å². The van der Waals surface area contributed by atoms with Crippen molar-refractivity contribution in [1.82, 2.24) is 0 Å². The molecule has 26 heavy (non-hydrogen) atoms. The van der Waals surface area contributed by atoms with Crippen molar-refractivity contribution in [2.75, 3.05) is 13.7 Å². The number of aldehydes is 1. The summed E-state index contributed by atoms with van der Waals surface area (Å²) in [6, 6.07) is 22.3. The lowest BCUT2D eigenvalue weighted by Crippen LogP contribution is -1.97. The van der Waals surface area contributed by atoms with Crippen LogP contribution in [0.15, 0.2) is 66.7 Å². The van der Waals surface area contributed by atoms with Crippen LogP contribution in [0, 0.1) is 0 Å². The topological polar surface area (TPSA) is 35.5 Å². The molecule has 0 unspecified atom stereocenters. The molecule has 0 aliphatic rings. The highest BCUT2D eigenvalue weighted by Crippen LogP contribution is 2.28. The van der Waals surface area contributed by atoms with Crippen LogP contribution in [0.3, 0.4) is 0 Å². The molecular formula is C23H22O3. The van der Waals surface area contributed by atoms with E-state index in [4.69, 9.17) is 9.47 Å². The summed E-state index contributed by atoms with van der Waals surface area (Å²) >= 11 is 0. The maximum Gasteiger partial charge on any atom is 0.127 e. The lowest BCUT2D eigenvalue weighted by Gasteiger charge is -2.13. The van der Waals surface area contributed by atoms with Gasteiger partial charge in [-0.25, -0.2) is 0 Å². The number of hydrogen-bond acceptors (Lipinski definition) is 3. The van der Waals surface area contributed by atoms with Gasteiger partial charge in [-0.05, 0) is 41.0 Å². The number of carbonyl (C=O) groups is 1. The van der Waals surface area contributed by atoms with E-state index < -0.39 is 0 Å². The highest BCUT2D eigenvalue weighted by atomic mass is 16.5. The van der Waals surface area contributed by atoms with Gasteiger partial charge >= 0.3 is 0 Å². The summed E-state index contributed by atoms with van der Waals surface area (Å²) < 4.78 is 11.3. The Balaban J connectivity index is 1.98. The first kappa shape index (κ1) is 17.7. The number of methoxy groups -OCH3 is 1. The third-order valence-electron chi connectivity index (χ3n) is 4.19. The van der Waals surface area contributed by atoms with Gasteiger partial charge in [0, 0.05) is 12.0 Å². The summed E-state index contributed by atoms with van der Waals surface area (Å²) in [4.78, 5) is 10.6. The van der Waals surface area contributed by atoms with E-state index >= 15 is 0 Å². The van der Waals surface area contributed by atoms with Gasteiger partial charge in [-0.1, -0.05) is 54.6 Å². The molecule has 0 atom stereocenters. The number of carbonyl (C=O) groups excluding carboxylic acids is 1. The average molecular weight is 346 g/mol. The first-order chi connectivity index (χ1) is 12.8. The molecule has 3 heteroatoms. The molecule has 0 saturated heterocycles. The van der Waals surface area contributed by atoms with Crippen molar-refractivity contribution in [2.24, 2.45) is 0 Å². The van der Waals surface area contributed by atoms with Crippen LogP contribution in [0.25, 0.3) is 22.6 Å². The fourth-order valence-electron chi connectivity index (χ4n) is 2.84. The van der Waals surface area contributed by atoms with Crippen LogP contribution in [0.2, 0.25) is 0 Å². The molecule has 0 spiro atoms. The molecule has 0 fully saturated rings. The molecule has 0 amide bonds. The Bertz CT molecular complexity index is 889. The highest BCUT2D eigenvalue weighted by Gasteiger charge is 2.08. The molecule has 3 aromatic rings. The van der Waals surface area contributed by atoms with Gasteiger partial charge in [0.2, 0.25) is 0 Å². The molecule has 0 aliphatic heterocycles. The van der Waals surface area contributed by atoms with Gasteiger partial charge in [-0.15, -0.1) is 0 Å². The van der Waals surface area contributed by atoms with E-state index in [1.807, 2.05) is 48.5 Å². The minimum absolute atomic E-state index is 0.504. The number of hydrogen-bond donors (Lipinski definition) is 0. The van der Waals surface area contributed by atoms with Gasteiger partial charge in [-0.3, -0.25) is 0 Å². The van der Waals surface area contributed by atoms with Crippen LogP contribution >= 0.6 is 0 Å². The maximum absolute atomic E-state index is 10.6. The van der Waals surface area contributed by atoms with Gasteiger partial charge in [0.25, 0.3) is 0 Å². The summed E-state index contributed by atoms with van der Waals surface area (Å²) in [5, 5.41) is 2.31. The second-order valence-corrected chi connectivity index (χ2v) is 5.97. The van der Waals surface area contributed by atoms with E-state index in [1.165, 1.54) is 5.39 Å². The van der Waals surface area contributed by atoms with Crippen molar-refractivity contribution in [1.29, 1.82) is 0 Å². The van der Waals surface area contributed by atoms with Crippen LogP contribution < -0.4 is 4.74 Å². The second kappa shape index (κ2) is 8.86. The van der Waals surface area contributed by atoms with Crippen molar-refractivity contribution < 1.29 is 14.3 Å². The Morgan fingerprint density at radius 1 is 0.962 bits per heavy atom. The molecule has 3 aromatic carbocycles. The third-order valence-corrected chi connectivity index (χ3v) is 4.19. The van der Waals surface area contributed by atoms with E-state index in [1.54, 1.807) is 7.11 Å². The van der Waals surface area contributed by atoms with Gasteiger partial charge in [0.05, 0.1) is 13.7 Å². The Kier molecular flexibility index (Phi) is 6.05. The number of rotatable bonds is 8. The Morgan fingerprint density at radius 3 is 2.50 bits per heavy atom. The third kappa shape index (κ3) is 4.31. The monoisotopic (exact) mass is 346 g/mol. The minimum Gasteiger partial charge on any atom is -0.497 e. The Hall–Kier alpha value is -3.07. The minimum atomic E-state index is 0.504. The zero-order chi connectivity index (χ0) is 18.2. The molecular weight excluding hydrogens is 324 g/mol. The number of fused-ring (bicyclic) bond motifs is 1. The fraction of sp³-hybridized carbons (Fsp3) is 0.174. The summed E-state index contributed by atoms with van der Waals surface area (Å²) in [5.74, 6) is 1.62. The van der Waals surface area contributed by atoms with E-state index in [0.717, 1.165) is 34.3 Å². The fourth-order valence-corrected chi connectivity index (χ4v) is 2.84. The predicted octanol–water partition coefficient (Wildman–Crippen LogP) is 5.34. The SMILES string of the molecule is COc1ccc(/C=C(\OCCCC=O)c2cccc3ccccc23)cc1. The largest absolute Gasteiger partial charge is 0.497 e. The summed E-state index contributed by atoms with van der Waals surface area (Å²) in [6.45, 7) is 0.504. The zero-order valence-electron chi connectivity index (χ0n) is 14.9. The average Bonchev–Trinajstić information content (AvgIpc) is 2.70. The van der Waals surface area contributed by atoms with Crippen molar-refractivity contribution >= 4 is 28.9 Å². The van der Waals surface area contributed by atoms with E-state index in [9.17, 15) is 4.79 Å². The molecule has 3 nitrogen and oxygen atoms in total. The zero-order valence-corrected chi connectivity index (χ0v) is 14.9. The van der Waals surface area contributed by atoms with E-state index in [-0.39, 0.29) is 0 Å². The molecule has 0 saturated carbocycles. The molecule has 132 valence electrons. The molecule has 0 bridgehead atoms. The Morgan fingerprint density at radius 2 is 1.73 bits per heavy atom. The molecule has 3 rings (SSSR count). The maximum atomic E-state index is 10.6. The molecule has 0 N–H and O–H groups in total. The first-order valence-corrected chi connectivity index (χ1v) is 8.72. The number of ether oxygens (including phenoxy) is 2. The second-order valence-electron chi connectivity index (χ2n) is 5.97. The smallest absolute Gasteiger partial charge is 0.127 e. The van der Waals surface area contributed by atoms with Crippen molar-refractivity contribution in [3.05, 3.63) is 77.9 Å². The quantitative estimate of drug-likeness (QED) is 0.239. The summed E-state index contributed by atoms with van der Waals surface area (Å²) in [7, 11) is 1.66. The van der Waals surface area contributed by atoms with Gasteiger partial charge in [0.15, 0.2) is 0 Å². The van der Waals surface area contributed by atoms with Crippen molar-refractivity contribution in [3.8, 4) is 5.75 Å². The molecule has 0 radical (unpaired) electrons. The molecule has 0 aliphatic carbocycles. The first-order valence-electron chi connectivity index (χ1n) is 8.72. The lowest BCUT2D eigenvalue weighted by atomic mass is 10.0. The van der Waals surface area contributed by atoms with E-state index in [0.29, 0.717) is 19.4 Å². The summed E-state index contributed by atoms with van der Waals surface area (Å²) in [6.07, 6.45) is 4.16. The van der Waals surface area contributed by atoms with Gasteiger partial charge < -0.3 is 14.3 Å². The summed E-state index contributed by atoms with van der Waals surface area (Å²) in [5.41, 5.74) is 2.08. The highest BCUT2D eigenvalue weighted by molar-refractivity contribution is 5.95. The van der Waals surface area contributed by atoms with Crippen LogP contribution in [-0.4, -0.2) is 20.0 Å². The van der Waals surface area contributed by atoms with Crippen LogP contribution in [0.4, 0.5) is 0 Å². The predicted molar refractivity (Wildman–Crippen MR) is 106 cm³/mol. The van der Waals surface area contributed by atoms with Crippen molar-refractivity contribution in [2.45, 2.75) is 12.8 Å². The van der Waals surface area contributed by atoms with E-state index in [2.05, 4.69) is 24.3 Å². The van der Waals surface area contributed by atoms with Crippen LogP contribution in [0.1, 0.15) is 24.0 Å². The number of unbranched alkanes of at least 4 members (excludes halogenated alkanes) is 1.